The Hall–Kier alpha value is 0.420. The maximum atomic E-state index is 13.0. The lowest BCUT2D eigenvalue weighted by molar-refractivity contribution is 0.0471. The van der Waals surface area contributed by atoms with Crippen molar-refractivity contribution < 1.29 is 18.3 Å². The van der Waals surface area contributed by atoms with Gasteiger partial charge in [-0.05, 0) is 45.5 Å². The largest absolute Gasteiger partial charge is 0.391 e. The van der Waals surface area contributed by atoms with Crippen molar-refractivity contribution in [3.8, 4) is 0 Å². The van der Waals surface area contributed by atoms with E-state index in [4.69, 9.17) is 13.8 Å². The average Bonchev–Trinajstić information content (AvgIpc) is 2.35. The van der Waals surface area contributed by atoms with Gasteiger partial charge >= 0.3 is 6.80 Å². The number of nitrogens with zero attached hydrogens (tertiary/aromatic N) is 1. The van der Waals surface area contributed by atoms with E-state index in [1.165, 1.54) is 11.4 Å². The molecule has 0 saturated carbocycles. The summed E-state index contributed by atoms with van der Waals surface area (Å²) >= 11 is 1.29. The highest BCUT2D eigenvalue weighted by atomic mass is 32.7. The first-order chi connectivity index (χ1) is 9.74. The average molecular weight is 339 g/mol. The fourth-order valence-corrected chi connectivity index (χ4v) is 6.28. The molecule has 7 heteroatoms. The minimum Gasteiger partial charge on any atom is -0.379 e. The summed E-state index contributed by atoms with van der Waals surface area (Å²) in [6.45, 7) is 9.81. The van der Waals surface area contributed by atoms with Crippen LogP contribution >= 0.6 is 18.2 Å². The summed E-state index contributed by atoms with van der Waals surface area (Å²) < 4.78 is 29.9. The molecule has 2 unspecified atom stereocenters. The van der Waals surface area contributed by atoms with Crippen molar-refractivity contribution in [2.45, 2.75) is 59.2 Å². The third-order valence-corrected chi connectivity index (χ3v) is 6.86. The van der Waals surface area contributed by atoms with Crippen molar-refractivity contribution >= 4 is 18.2 Å². The second kappa shape index (κ2) is 8.90. The van der Waals surface area contributed by atoms with Crippen LogP contribution in [0.3, 0.4) is 0 Å². The molecular weight excluding hydrogens is 309 g/mol. The summed E-state index contributed by atoms with van der Waals surface area (Å²) in [5.74, 6) is 0.648. The van der Waals surface area contributed by atoms with Gasteiger partial charge in [0, 0.05) is 13.1 Å². The van der Waals surface area contributed by atoms with Gasteiger partial charge in [-0.2, -0.15) is 0 Å². The van der Waals surface area contributed by atoms with E-state index in [0.717, 1.165) is 39.1 Å². The summed E-state index contributed by atoms with van der Waals surface area (Å²) in [5, 5.41) is 0. The molecule has 0 N–H and O–H groups in total. The van der Waals surface area contributed by atoms with Crippen LogP contribution < -0.4 is 0 Å². The third kappa shape index (κ3) is 8.58. The molecule has 1 aliphatic rings. The molecule has 0 aliphatic carbocycles. The lowest BCUT2D eigenvalue weighted by atomic mass is 10.2. The van der Waals surface area contributed by atoms with E-state index in [1.54, 1.807) is 0 Å². The van der Waals surface area contributed by atoms with Crippen LogP contribution in [0.4, 0.5) is 0 Å². The Morgan fingerprint density at radius 1 is 1.33 bits per heavy atom. The van der Waals surface area contributed by atoms with Crippen molar-refractivity contribution in [3.63, 3.8) is 0 Å². The van der Waals surface area contributed by atoms with Gasteiger partial charge in [0.15, 0.2) is 0 Å². The second-order valence-electron chi connectivity index (χ2n) is 6.34. The van der Waals surface area contributed by atoms with Gasteiger partial charge < -0.3 is 4.74 Å². The molecule has 1 heterocycles. The van der Waals surface area contributed by atoms with E-state index in [9.17, 15) is 4.57 Å². The third-order valence-electron chi connectivity index (χ3n) is 2.89. The Balaban J connectivity index is 2.59. The Morgan fingerprint density at radius 2 is 1.95 bits per heavy atom. The van der Waals surface area contributed by atoms with Crippen molar-refractivity contribution in [2.24, 2.45) is 0 Å². The predicted molar refractivity (Wildman–Crippen MR) is 88.7 cm³/mol. The zero-order valence-corrected chi connectivity index (χ0v) is 15.7. The van der Waals surface area contributed by atoms with Crippen LogP contribution in [-0.4, -0.2) is 48.8 Å². The van der Waals surface area contributed by atoms with Gasteiger partial charge in [-0.25, -0.2) is 4.57 Å². The van der Waals surface area contributed by atoms with Gasteiger partial charge in [0.25, 0.3) is 0 Å². The van der Waals surface area contributed by atoms with Crippen LogP contribution in [0.2, 0.25) is 0 Å². The topological polar surface area (TPSA) is 48.0 Å². The van der Waals surface area contributed by atoms with Gasteiger partial charge in [-0.1, -0.05) is 13.3 Å². The first-order valence-electron chi connectivity index (χ1n) is 7.68. The summed E-state index contributed by atoms with van der Waals surface area (Å²) in [7, 11) is 0. The van der Waals surface area contributed by atoms with Crippen LogP contribution in [0, 0.1) is 0 Å². The Morgan fingerprint density at radius 3 is 2.48 bits per heavy atom. The van der Waals surface area contributed by atoms with E-state index >= 15 is 0 Å². The van der Waals surface area contributed by atoms with Crippen LogP contribution in [0.15, 0.2) is 0 Å². The highest BCUT2D eigenvalue weighted by Gasteiger charge is 2.34. The number of hydrogen-bond acceptors (Lipinski definition) is 6. The highest BCUT2D eigenvalue weighted by Crippen LogP contribution is 2.63. The molecule has 1 rings (SSSR count). The maximum absolute atomic E-state index is 13.0. The molecule has 2 atom stereocenters. The van der Waals surface area contributed by atoms with E-state index in [0.29, 0.717) is 5.88 Å². The Bertz CT molecular complexity index is 342. The molecule has 0 aromatic carbocycles. The molecule has 1 fully saturated rings. The van der Waals surface area contributed by atoms with Crippen LogP contribution in [0.5, 0.6) is 0 Å². The molecule has 0 aromatic rings. The molecule has 0 bridgehead atoms. The molecule has 1 aliphatic heterocycles. The molecular formula is C14H30NO4PS. The fourth-order valence-electron chi connectivity index (χ4n) is 1.98. The zero-order chi connectivity index (χ0) is 15.9. The normalized spacial score (nSPS) is 22.0. The molecule has 1 saturated heterocycles. The molecule has 5 nitrogen and oxygen atoms in total. The van der Waals surface area contributed by atoms with Crippen molar-refractivity contribution in [1.82, 2.24) is 4.90 Å². The molecule has 0 aromatic heterocycles. The number of ether oxygens (including phenoxy) is 1. The minimum atomic E-state index is -3.16. The smallest absolute Gasteiger partial charge is 0.379 e. The number of hydrogen-bond donors (Lipinski definition) is 0. The monoisotopic (exact) mass is 339 g/mol. The zero-order valence-electron chi connectivity index (χ0n) is 14.0. The molecule has 0 amide bonds. The molecule has 126 valence electrons. The van der Waals surface area contributed by atoms with Crippen molar-refractivity contribution in [2.75, 3.05) is 32.2 Å². The SMILES string of the molecule is CCCC(C)OP(=O)(OC(C)(C)C)SCN1CCOCC1. The van der Waals surface area contributed by atoms with Crippen LogP contribution in [0.25, 0.3) is 0 Å². The summed E-state index contributed by atoms with van der Waals surface area (Å²) in [6, 6.07) is 0. The van der Waals surface area contributed by atoms with E-state index in [2.05, 4.69) is 11.8 Å². The highest BCUT2D eigenvalue weighted by molar-refractivity contribution is 8.55. The summed E-state index contributed by atoms with van der Waals surface area (Å²) in [5.41, 5.74) is -0.487. The van der Waals surface area contributed by atoms with E-state index in [-0.39, 0.29) is 6.10 Å². The van der Waals surface area contributed by atoms with Gasteiger partial charge in [0.2, 0.25) is 0 Å². The molecule has 0 spiro atoms. The maximum Gasteiger partial charge on any atom is 0.391 e. The summed E-state index contributed by atoms with van der Waals surface area (Å²) in [4.78, 5) is 2.22. The van der Waals surface area contributed by atoms with E-state index in [1.807, 2.05) is 27.7 Å². The fraction of sp³-hybridized carbons (Fsp3) is 1.00. The standard InChI is InChI=1S/C14H30NO4PS/c1-6-7-13(2)18-20(16,19-14(3,4)5)21-12-15-8-10-17-11-9-15/h13H,6-12H2,1-5H3. The minimum absolute atomic E-state index is 0.0552. The second-order valence-corrected chi connectivity index (χ2v) is 10.3. The predicted octanol–water partition coefficient (Wildman–Crippen LogP) is 4.14. The van der Waals surface area contributed by atoms with Crippen LogP contribution in [-0.2, 0) is 18.3 Å². The molecule has 21 heavy (non-hydrogen) atoms. The van der Waals surface area contributed by atoms with Crippen LogP contribution in [0.1, 0.15) is 47.5 Å². The van der Waals surface area contributed by atoms with Crippen molar-refractivity contribution in [3.05, 3.63) is 0 Å². The number of rotatable bonds is 8. The first kappa shape index (κ1) is 19.5. The summed E-state index contributed by atoms with van der Waals surface area (Å²) in [6.07, 6.45) is 1.83. The first-order valence-corrected chi connectivity index (χ1v) is 10.8. The van der Waals surface area contributed by atoms with Gasteiger partial charge in [0.05, 0.1) is 30.8 Å². The lowest BCUT2D eigenvalue weighted by Gasteiger charge is -2.31. The molecule has 0 radical (unpaired) electrons. The number of morpholine rings is 1. The quantitative estimate of drug-likeness (QED) is 0.620. The van der Waals surface area contributed by atoms with Gasteiger partial charge in [-0.3, -0.25) is 13.9 Å². The van der Waals surface area contributed by atoms with E-state index < -0.39 is 12.4 Å². The Kier molecular flexibility index (Phi) is 8.25. The van der Waals surface area contributed by atoms with Gasteiger partial charge in [0.1, 0.15) is 0 Å². The Labute approximate surface area is 133 Å². The van der Waals surface area contributed by atoms with Crippen molar-refractivity contribution in [1.29, 1.82) is 0 Å². The van der Waals surface area contributed by atoms with Gasteiger partial charge in [-0.15, -0.1) is 0 Å². The lowest BCUT2D eigenvalue weighted by Crippen LogP contribution is -2.36.